The fourth-order valence-corrected chi connectivity index (χ4v) is 4.19. The number of ether oxygens (including phenoxy) is 1. The van der Waals surface area contributed by atoms with Gasteiger partial charge in [0.25, 0.3) is 0 Å². The summed E-state index contributed by atoms with van der Waals surface area (Å²) in [7, 11) is 0. The summed E-state index contributed by atoms with van der Waals surface area (Å²) >= 11 is 0. The van der Waals surface area contributed by atoms with Crippen LogP contribution in [0.15, 0.2) is 42.7 Å². The molecular weight excluding hydrogens is 481 g/mol. The second-order valence-corrected chi connectivity index (χ2v) is 9.58. The third-order valence-corrected chi connectivity index (χ3v) is 6.55. The molecule has 0 atom stereocenters. The monoisotopic (exact) mass is 512 g/mol. The van der Waals surface area contributed by atoms with E-state index >= 15 is 0 Å². The normalized spacial score (nSPS) is 14.9. The molecule has 0 saturated carbocycles. The molecule has 0 spiro atoms. The number of anilines is 1. The van der Waals surface area contributed by atoms with Gasteiger partial charge in [0.2, 0.25) is 5.95 Å². The van der Waals surface area contributed by atoms with Gasteiger partial charge in [-0.1, -0.05) is 13.0 Å². The zero-order chi connectivity index (χ0) is 26.5. The number of piperidine rings is 1. The third-order valence-electron chi connectivity index (χ3n) is 6.55. The van der Waals surface area contributed by atoms with Crippen LogP contribution in [0, 0.1) is 28.6 Å². The average molecular weight is 513 g/mol. The van der Waals surface area contributed by atoms with E-state index in [2.05, 4.69) is 21.8 Å². The predicted molar refractivity (Wildman–Crippen MR) is 138 cm³/mol. The molecule has 0 bridgehead atoms. The standard InChI is InChI=1S/C28H31F3N4O2/c1-4-19-14-32-28(33-15-19)34-9-7-20(8-10-34)17-37-27-25(30)12-22(13-26(27)31)23-6-5-21(11-24(23)29)16-35(36)18(2)3/h5-6,11-16,18,20H,4,7-10,17H2,1-3H3/b35-16-. The van der Waals surface area contributed by atoms with Crippen molar-refractivity contribution in [2.75, 3.05) is 24.6 Å². The number of hydroxylamine groups is 1. The highest BCUT2D eigenvalue weighted by molar-refractivity contribution is 5.78. The molecule has 1 saturated heterocycles. The number of benzene rings is 2. The van der Waals surface area contributed by atoms with Crippen molar-refractivity contribution >= 4 is 12.2 Å². The molecule has 0 radical (unpaired) electrons. The lowest BCUT2D eigenvalue weighted by Crippen LogP contribution is -2.36. The number of rotatable bonds is 8. The Kier molecular flexibility index (Phi) is 8.31. The van der Waals surface area contributed by atoms with E-state index in [-0.39, 0.29) is 29.7 Å². The second-order valence-electron chi connectivity index (χ2n) is 9.58. The van der Waals surface area contributed by atoms with Crippen molar-refractivity contribution in [3.63, 3.8) is 0 Å². The Morgan fingerprint density at radius 2 is 1.70 bits per heavy atom. The average Bonchev–Trinajstić information content (AvgIpc) is 2.88. The maximum Gasteiger partial charge on any atom is 0.225 e. The van der Waals surface area contributed by atoms with Crippen LogP contribution in [0.3, 0.4) is 0 Å². The van der Waals surface area contributed by atoms with Crippen molar-refractivity contribution in [2.24, 2.45) is 5.92 Å². The van der Waals surface area contributed by atoms with E-state index < -0.39 is 23.2 Å². The van der Waals surface area contributed by atoms with E-state index in [0.29, 0.717) is 16.3 Å². The predicted octanol–water partition coefficient (Wildman–Crippen LogP) is 5.76. The van der Waals surface area contributed by atoms with Crippen LogP contribution >= 0.6 is 0 Å². The summed E-state index contributed by atoms with van der Waals surface area (Å²) in [5, 5.41) is 11.8. The molecule has 2 heterocycles. The first kappa shape index (κ1) is 26.4. The number of aryl methyl sites for hydroxylation is 1. The SMILES string of the molecule is CCc1cnc(N2CCC(COc3c(F)cc(-c4ccc(/C=[N+](\[O-])C(C)C)cc4F)cc3F)CC2)nc1. The van der Waals surface area contributed by atoms with E-state index in [0.717, 1.165) is 50.0 Å². The van der Waals surface area contributed by atoms with E-state index in [9.17, 15) is 18.4 Å². The van der Waals surface area contributed by atoms with E-state index in [4.69, 9.17) is 4.74 Å². The highest BCUT2D eigenvalue weighted by Crippen LogP contribution is 2.32. The molecule has 196 valence electrons. The van der Waals surface area contributed by atoms with Crippen LogP contribution in [-0.4, -0.2) is 46.7 Å². The molecule has 0 unspecified atom stereocenters. The Labute approximate surface area is 215 Å². The summed E-state index contributed by atoms with van der Waals surface area (Å²) in [6, 6.07) is 5.93. The van der Waals surface area contributed by atoms with Gasteiger partial charge in [0, 0.05) is 36.6 Å². The van der Waals surface area contributed by atoms with Gasteiger partial charge < -0.3 is 14.8 Å². The number of hydrogen-bond acceptors (Lipinski definition) is 5. The fraction of sp³-hybridized carbons (Fsp3) is 0.393. The molecule has 3 aromatic rings. The molecule has 2 aromatic carbocycles. The molecule has 1 aliphatic rings. The zero-order valence-corrected chi connectivity index (χ0v) is 21.3. The van der Waals surface area contributed by atoms with Gasteiger partial charge in [-0.25, -0.2) is 27.9 Å². The Morgan fingerprint density at radius 3 is 2.27 bits per heavy atom. The summed E-state index contributed by atoms with van der Waals surface area (Å²) in [5.41, 5.74) is 1.53. The van der Waals surface area contributed by atoms with E-state index in [1.165, 1.54) is 24.4 Å². The number of nitrogens with zero attached hydrogens (tertiary/aromatic N) is 4. The molecule has 6 nitrogen and oxygen atoms in total. The van der Waals surface area contributed by atoms with Crippen molar-refractivity contribution in [2.45, 2.75) is 46.1 Å². The Balaban J connectivity index is 1.38. The number of hydrogen-bond donors (Lipinski definition) is 0. The minimum atomic E-state index is -0.891. The fourth-order valence-electron chi connectivity index (χ4n) is 4.19. The maximum atomic E-state index is 14.8. The van der Waals surface area contributed by atoms with Crippen LogP contribution in [0.4, 0.5) is 19.1 Å². The van der Waals surface area contributed by atoms with Crippen LogP contribution in [0.25, 0.3) is 11.1 Å². The van der Waals surface area contributed by atoms with Crippen molar-refractivity contribution in [3.8, 4) is 16.9 Å². The van der Waals surface area contributed by atoms with Gasteiger partial charge in [-0.05, 0) is 74.4 Å². The first-order chi connectivity index (χ1) is 17.7. The minimum Gasteiger partial charge on any atom is -0.624 e. The van der Waals surface area contributed by atoms with Gasteiger partial charge in [0.05, 0.1) is 6.61 Å². The van der Waals surface area contributed by atoms with E-state index in [1.807, 2.05) is 12.4 Å². The van der Waals surface area contributed by atoms with Gasteiger partial charge in [0.15, 0.2) is 29.6 Å². The van der Waals surface area contributed by atoms with Gasteiger partial charge in [-0.3, -0.25) is 0 Å². The van der Waals surface area contributed by atoms with Gasteiger partial charge >= 0.3 is 0 Å². The van der Waals surface area contributed by atoms with Crippen LogP contribution in [0.2, 0.25) is 0 Å². The van der Waals surface area contributed by atoms with Crippen molar-refractivity contribution in [1.29, 1.82) is 0 Å². The van der Waals surface area contributed by atoms with Gasteiger partial charge in [0.1, 0.15) is 5.82 Å². The lowest BCUT2D eigenvalue weighted by atomic mass is 9.98. The number of aromatic nitrogens is 2. The number of halogens is 3. The Morgan fingerprint density at radius 1 is 1.05 bits per heavy atom. The summed E-state index contributed by atoms with van der Waals surface area (Å²) in [4.78, 5) is 10.9. The lowest BCUT2D eigenvalue weighted by molar-refractivity contribution is -0.487. The molecule has 0 N–H and O–H groups in total. The van der Waals surface area contributed by atoms with Crippen LogP contribution in [0.1, 0.15) is 44.7 Å². The second kappa shape index (κ2) is 11.6. The highest BCUT2D eigenvalue weighted by Gasteiger charge is 2.23. The maximum absolute atomic E-state index is 14.8. The molecule has 9 heteroatoms. The molecule has 1 aromatic heterocycles. The molecule has 0 amide bonds. The summed E-state index contributed by atoms with van der Waals surface area (Å²) in [5.74, 6) is -2.10. The van der Waals surface area contributed by atoms with Crippen LogP contribution < -0.4 is 9.64 Å². The molecule has 4 rings (SSSR count). The summed E-state index contributed by atoms with van der Waals surface area (Å²) < 4.78 is 50.6. The summed E-state index contributed by atoms with van der Waals surface area (Å²) in [6.07, 6.45) is 7.39. The zero-order valence-electron chi connectivity index (χ0n) is 21.3. The third kappa shape index (κ3) is 6.39. The molecule has 1 fully saturated rings. The molecule has 0 aliphatic carbocycles. The quantitative estimate of drug-likeness (QED) is 0.166. The Hall–Kier alpha value is -3.62. The first-order valence-electron chi connectivity index (χ1n) is 12.5. The van der Waals surface area contributed by atoms with Crippen molar-refractivity contribution < 1.29 is 22.6 Å². The molecule has 1 aliphatic heterocycles. The van der Waals surface area contributed by atoms with Crippen molar-refractivity contribution in [1.82, 2.24) is 9.97 Å². The highest BCUT2D eigenvalue weighted by atomic mass is 19.1. The largest absolute Gasteiger partial charge is 0.624 e. The molecular formula is C28H31F3N4O2. The van der Waals surface area contributed by atoms with Gasteiger partial charge in [-0.2, -0.15) is 0 Å². The smallest absolute Gasteiger partial charge is 0.225 e. The van der Waals surface area contributed by atoms with Crippen LogP contribution in [-0.2, 0) is 6.42 Å². The van der Waals surface area contributed by atoms with Crippen molar-refractivity contribution in [3.05, 3.63) is 76.5 Å². The summed E-state index contributed by atoms with van der Waals surface area (Å²) in [6.45, 7) is 7.13. The van der Waals surface area contributed by atoms with Crippen LogP contribution in [0.5, 0.6) is 5.75 Å². The van der Waals surface area contributed by atoms with Gasteiger partial charge in [-0.15, -0.1) is 0 Å². The minimum absolute atomic E-state index is 0.0325. The molecule has 37 heavy (non-hydrogen) atoms. The van der Waals surface area contributed by atoms with E-state index in [1.54, 1.807) is 13.8 Å². The lowest BCUT2D eigenvalue weighted by Gasteiger charge is -2.31. The Bertz CT molecular complexity index is 1230. The topological polar surface area (TPSA) is 64.3 Å². The first-order valence-corrected chi connectivity index (χ1v) is 12.5.